The van der Waals surface area contributed by atoms with Gasteiger partial charge in [0.15, 0.2) is 0 Å². The first-order valence-electron chi connectivity index (χ1n) is 9.82. The topological polar surface area (TPSA) is 120 Å². The van der Waals surface area contributed by atoms with Crippen molar-refractivity contribution in [3.8, 4) is 11.5 Å². The number of tetrazole rings is 1. The zero-order chi connectivity index (χ0) is 22.1. The van der Waals surface area contributed by atoms with Crippen molar-refractivity contribution in [3.63, 3.8) is 0 Å². The van der Waals surface area contributed by atoms with Gasteiger partial charge in [0.25, 0.3) is 5.56 Å². The van der Waals surface area contributed by atoms with E-state index in [1.54, 1.807) is 31.0 Å². The van der Waals surface area contributed by atoms with E-state index < -0.39 is 6.04 Å². The summed E-state index contributed by atoms with van der Waals surface area (Å²) in [6.07, 6.45) is 3.77. The first-order chi connectivity index (χ1) is 15.7. The number of ether oxygens (including phenoxy) is 2. The molecule has 0 spiro atoms. The maximum atomic E-state index is 12.7. The minimum Gasteiger partial charge on any atom is -0.497 e. The Labute approximate surface area is 182 Å². The Morgan fingerprint density at radius 2 is 1.91 bits per heavy atom. The highest BCUT2D eigenvalue weighted by molar-refractivity contribution is 5.75. The summed E-state index contributed by atoms with van der Waals surface area (Å²) in [7, 11) is 3.17. The SMILES string of the molecule is COc1ccc(OC)c([C@H]2c3c(/C=C/c4ccccc4)n[nH]c(=O)c3Nc3nnnn32)c1. The first-order valence-corrected chi connectivity index (χ1v) is 9.82. The lowest BCUT2D eigenvalue weighted by molar-refractivity contribution is 0.392. The van der Waals surface area contributed by atoms with Crippen LogP contribution in [0.25, 0.3) is 12.2 Å². The van der Waals surface area contributed by atoms with Crippen LogP contribution in [0.3, 0.4) is 0 Å². The second kappa shape index (κ2) is 7.99. The van der Waals surface area contributed by atoms with E-state index in [0.717, 1.165) is 11.1 Å². The van der Waals surface area contributed by atoms with Crippen molar-refractivity contribution in [2.75, 3.05) is 19.5 Å². The fourth-order valence-electron chi connectivity index (χ4n) is 3.77. The molecule has 160 valence electrons. The number of nitrogens with one attached hydrogen (secondary N) is 2. The van der Waals surface area contributed by atoms with E-state index >= 15 is 0 Å². The van der Waals surface area contributed by atoms with Crippen LogP contribution in [0, 0.1) is 0 Å². The van der Waals surface area contributed by atoms with Gasteiger partial charge < -0.3 is 14.8 Å². The third kappa shape index (κ3) is 3.27. The Bertz CT molecular complexity index is 1360. The molecule has 10 heteroatoms. The molecule has 0 bridgehead atoms. The van der Waals surface area contributed by atoms with Crippen LogP contribution in [-0.2, 0) is 0 Å². The summed E-state index contributed by atoms with van der Waals surface area (Å²) in [5.41, 5.74) is 2.85. The van der Waals surface area contributed by atoms with Crippen molar-refractivity contribution < 1.29 is 9.47 Å². The van der Waals surface area contributed by atoms with E-state index in [1.165, 1.54) is 0 Å². The Balaban J connectivity index is 1.75. The minimum absolute atomic E-state index is 0.324. The summed E-state index contributed by atoms with van der Waals surface area (Å²) < 4.78 is 12.7. The van der Waals surface area contributed by atoms with Crippen molar-refractivity contribution in [2.45, 2.75) is 6.04 Å². The van der Waals surface area contributed by atoms with Crippen LogP contribution >= 0.6 is 0 Å². The number of anilines is 2. The van der Waals surface area contributed by atoms with E-state index in [2.05, 4.69) is 31.0 Å². The summed E-state index contributed by atoms with van der Waals surface area (Å²) in [4.78, 5) is 12.7. The summed E-state index contributed by atoms with van der Waals surface area (Å²) >= 11 is 0. The molecule has 2 aromatic heterocycles. The molecule has 0 aliphatic carbocycles. The molecule has 1 atom stereocenters. The molecule has 1 aliphatic rings. The zero-order valence-electron chi connectivity index (χ0n) is 17.3. The number of benzene rings is 2. The number of methoxy groups -OCH3 is 2. The quantitative estimate of drug-likeness (QED) is 0.438. The van der Waals surface area contributed by atoms with Gasteiger partial charge in [-0.25, -0.2) is 5.10 Å². The van der Waals surface area contributed by atoms with Crippen molar-refractivity contribution in [2.24, 2.45) is 0 Å². The van der Waals surface area contributed by atoms with Crippen LogP contribution in [-0.4, -0.2) is 44.6 Å². The monoisotopic (exact) mass is 429 g/mol. The highest BCUT2D eigenvalue weighted by atomic mass is 16.5. The molecule has 2 aromatic carbocycles. The molecule has 0 unspecified atom stereocenters. The van der Waals surface area contributed by atoms with Gasteiger partial charge in [-0.1, -0.05) is 41.5 Å². The third-order valence-corrected chi connectivity index (χ3v) is 5.26. The lowest BCUT2D eigenvalue weighted by Gasteiger charge is -2.28. The molecule has 0 fully saturated rings. The van der Waals surface area contributed by atoms with Gasteiger partial charge in [-0.2, -0.15) is 9.78 Å². The van der Waals surface area contributed by atoms with Crippen molar-refractivity contribution in [3.05, 3.63) is 81.3 Å². The molecule has 10 nitrogen and oxygen atoms in total. The smallest absolute Gasteiger partial charge is 0.288 e. The van der Waals surface area contributed by atoms with E-state index in [4.69, 9.17) is 9.47 Å². The molecule has 0 saturated carbocycles. The predicted octanol–water partition coefficient (Wildman–Crippen LogP) is 2.64. The van der Waals surface area contributed by atoms with Crippen molar-refractivity contribution in [1.29, 1.82) is 0 Å². The van der Waals surface area contributed by atoms with Gasteiger partial charge in [-0.3, -0.25) is 4.79 Å². The van der Waals surface area contributed by atoms with Crippen LogP contribution in [0.1, 0.15) is 28.4 Å². The van der Waals surface area contributed by atoms with Gasteiger partial charge in [0.05, 0.1) is 19.9 Å². The number of rotatable bonds is 5. The van der Waals surface area contributed by atoms with Gasteiger partial charge >= 0.3 is 0 Å². The van der Waals surface area contributed by atoms with Crippen molar-refractivity contribution >= 4 is 23.8 Å². The van der Waals surface area contributed by atoms with E-state index in [-0.39, 0.29) is 5.56 Å². The zero-order valence-corrected chi connectivity index (χ0v) is 17.3. The fourth-order valence-corrected chi connectivity index (χ4v) is 3.77. The van der Waals surface area contributed by atoms with Crippen LogP contribution < -0.4 is 20.3 Å². The second-order valence-electron chi connectivity index (χ2n) is 7.05. The molecule has 0 radical (unpaired) electrons. The van der Waals surface area contributed by atoms with E-state index in [0.29, 0.717) is 34.4 Å². The Morgan fingerprint density at radius 1 is 1.06 bits per heavy atom. The maximum absolute atomic E-state index is 12.7. The summed E-state index contributed by atoms with van der Waals surface area (Å²) in [6.45, 7) is 0. The number of aromatic amines is 1. The third-order valence-electron chi connectivity index (χ3n) is 5.26. The summed E-state index contributed by atoms with van der Waals surface area (Å²) in [5.74, 6) is 1.57. The van der Waals surface area contributed by atoms with E-state index in [9.17, 15) is 4.79 Å². The number of hydrogen-bond acceptors (Lipinski definition) is 8. The van der Waals surface area contributed by atoms with Gasteiger partial charge in [0.2, 0.25) is 5.95 Å². The van der Waals surface area contributed by atoms with Crippen LogP contribution in [0.2, 0.25) is 0 Å². The number of H-pyrrole nitrogens is 1. The number of aromatic nitrogens is 6. The number of nitrogens with zero attached hydrogens (tertiary/aromatic N) is 5. The molecule has 0 amide bonds. The van der Waals surface area contributed by atoms with Gasteiger partial charge in [0.1, 0.15) is 23.2 Å². The Morgan fingerprint density at radius 3 is 2.69 bits per heavy atom. The Hall–Kier alpha value is -4.47. The van der Waals surface area contributed by atoms with Gasteiger partial charge in [0, 0.05) is 11.1 Å². The van der Waals surface area contributed by atoms with Crippen molar-refractivity contribution in [1.82, 2.24) is 30.4 Å². The first kappa shape index (κ1) is 19.5. The molecule has 4 aromatic rings. The van der Waals surface area contributed by atoms with Gasteiger partial charge in [-0.15, -0.1) is 0 Å². The minimum atomic E-state index is -0.577. The lowest BCUT2D eigenvalue weighted by atomic mass is 9.93. The van der Waals surface area contributed by atoms with E-state index in [1.807, 2.05) is 48.6 Å². The fraction of sp³-hybridized carbons (Fsp3) is 0.136. The lowest BCUT2D eigenvalue weighted by Crippen LogP contribution is -2.29. The summed E-state index contributed by atoms with van der Waals surface area (Å²) in [6, 6.07) is 14.7. The largest absolute Gasteiger partial charge is 0.497 e. The molecule has 5 rings (SSSR count). The van der Waals surface area contributed by atoms with Crippen LogP contribution in [0.15, 0.2) is 53.3 Å². The molecule has 32 heavy (non-hydrogen) atoms. The molecular weight excluding hydrogens is 410 g/mol. The highest BCUT2D eigenvalue weighted by Crippen LogP contribution is 2.42. The standard InChI is InChI=1S/C22H19N7O3/c1-31-14-9-11-17(32-2)15(12-14)20-18-16(10-8-13-6-4-3-5-7-13)24-25-21(30)19(18)23-22-26-27-28-29(20)22/h3-12,20H,1-2H3,(H,25,30)(H,23,26,28)/b10-8+/t20-/m0/s1. The predicted molar refractivity (Wildman–Crippen MR) is 118 cm³/mol. The average molecular weight is 429 g/mol. The molecule has 2 N–H and O–H groups in total. The van der Waals surface area contributed by atoms with Crippen LogP contribution in [0.4, 0.5) is 11.6 Å². The normalized spacial score (nSPS) is 14.5. The Kier molecular flexibility index (Phi) is 4.86. The molecule has 1 aliphatic heterocycles. The average Bonchev–Trinajstić information content (AvgIpc) is 3.31. The molecular formula is C22H19N7O3. The van der Waals surface area contributed by atoms with Crippen LogP contribution in [0.5, 0.6) is 11.5 Å². The number of hydrogen-bond donors (Lipinski definition) is 2. The molecule has 3 heterocycles. The number of fused-ring (bicyclic) bond motifs is 2. The molecule has 0 saturated heterocycles. The summed E-state index contributed by atoms with van der Waals surface area (Å²) in [5, 5.41) is 21.9. The second-order valence-corrected chi connectivity index (χ2v) is 7.05. The van der Waals surface area contributed by atoms with Gasteiger partial charge in [-0.05, 0) is 40.3 Å². The maximum Gasteiger partial charge on any atom is 0.288 e. The highest BCUT2D eigenvalue weighted by Gasteiger charge is 2.35.